The molecule has 3 rings (SSSR count). The minimum atomic E-state index is 0.285. The Kier molecular flexibility index (Phi) is 3.43. The molecule has 0 aromatic heterocycles. The number of rotatable bonds is 2. The van der Waals surface area contributed by atoms with Crippen LogP contribution in [-0.2, 0) is 6.54 Å². The molecule has 1 fully saturated rings. The number of piperidine rings is 1. The molecule has 2 N–H and O–H groups in total. The van der Waals surface area contributed by atoms with Crippen LogP contribution in [0.3, 0.4) is 0 Å². The summed E-state index contributed by atoms with van der Waals surface area (Å²) in [6, 6.07) is 4.06. The number of ether oxygens (including phenoxy) is 1. The highest BCUT2D eigenvalue weighted by Crippen LogP contribution is 2.31. The zero-order valence-electron chi connectivity index (χ0n) is 10.2. The summed E-state index contributed by atoms with van der Waals surface area (Å²) in [6.45, 7) is 2.88. The van der Waals surface area contributed by atoms with Crippen molar-refractivity contribution in [3.05, 3.63) is 34.5 Å². The van der Waals surface area contributed by atoms with Crippen molar-refractivity contribution < 1.29 is 4.74 Å². The van der Waals surface area contributed by atoms with Gasteiger partial charge in [0.15, 0.2) is 0 Å². The normalized spacial score (nSPS) is 19.2. The van der Waals surface area contributed by atoms with Crippen LogP contribution in [0.25, 0.3) is 6.08 Å². The van der Waals surface area contributed by atoms with E-state index in [-0.39, 0.29) is 6.10 Å². The van der Waals surface area contributed by atoms with Crippen LogP contribution >= 0.6 is 11.6 Å². The smallest absolute Gasteiger partial charge is 0.138 e. The van der Waals surface area contributed by atoms with Gasteiger partial charge in [0.2, 0.25) is 0 Å². The van der Waals surface area contributed by atoms with Crippen molar-refractivity contribution in [3.63, 3.8) is 0 Å². The largest absolute Gasteiger partial charge is 0.489 e. The quantitative estimate of drug-likeness (QED) is 0.861. The highest BCUT2D eigenvalue weighted by molar-refractivity contribution is 6.32. The van der Waals surface area contributed by atoms with E-state index in [9.17, 15) is 0 Å². The molecule has 0 radical (unpaired) electrons. The summed E-state index contributed by atoms with van der Waals surface area (Å²) in [7, 11) is 0. The Hall–Kier alpha value is -1.19. The highest BCUT2D eigenvalue weighted by Gasteiger charge is 2.17. The molecule has 0 bridgehead atoms. The summed E-state index contributed by atoms with van der Waals surface area (Å²) in [4.78, 5) is 0. The third-order valence-electron chi connectivity index (χ3n) is 3.45. The van der Waals surface area contributed by atoms with E-state index in [2.05, 4.69) is 22.8 Å². The molecule has 1 aromatic carbocycles. The van der Waals surface area contributed by atoms with Crippen molar-refractivity contribution in [3.8, 4) is 5.75 Å². The van der Waals surface area contributed by atoms with Crippen molar-refractivity contribution in [1.29, 1.82) is 0 Å². The number of fused-ring (bicyclic) bond motifs is 1. The Bertz CT molecular complexity index is 467. The molecule has 2 aliphatic rings. The summed E-state index contributed by atoms with van der Waals surface area (Å²) in [5, 5.41) is 7.23. The van der Waals surface area contributed by atoms with Crippen molar-refractivity contribution >= 4 is 17.7 Å². The number of halogens is 1. The van der Waals surface area contributed by atoms with Gasteiger partial charge in [-0.2, -0.15) is 0 Å². The van der Waals surface area contributed by atoms with Crippen molar-refractivity contribution in [2.75, 3.05) is 13.1 Å². The van der Waals surface area contributed by atoms with E-state index in [0.29, 0.717) is 5.02 Å². The van der Waals surface area contributed by atoms with E-state index < -0.39 is 0 Å². The van der Waals surface area contributed by atoms with Gasteiger partial charge < -0.3 is 15.4 Å². The van der Waals surface area contributed by atoms with Gasteiger partial charge in [-0.3, -0.25) is 0 Å². The van der Waals surface area contributed by atoms with E-state index in [4.69, 9.17) is 16.3 Å². The number of hydrogen-bond acceptors (Lipinski definition) is 3. The Morgan fingerprint density at radius 3 is 2.89 bits per heavy atom. The maximum absolute atomic E-state index is 6.29. The molecule has 2 aliphatic heterocycles. The first-order valence-corrected chi connectivity index (χ1v) is 6.80. The molecule has 0 unspecified atom stereocenters. The maximum atomic E-state index is 6.29. The fourth-order valence-corrected chi connectivity index (χ4v) is 2.65. The van der Waals surface area contributed by atoms with Crippen LogP contribution < -0.4 is 15.4 Å². The summed E-state index contributed by atoms with van der Waals surface area (Å²) in [5.41, 5.74) is 2.42. The zero-order valence-corrected chi connectivity index (χ0v) is 11.0. The van der Waals surface area contributed by atoms with Crippen molar-refractivity contribution in [2.24, 2.45) is 0 Å². The number of hydrogen-bond donors (Lipinski definition) is 2. The minimum Gasteiger partial charge on any atom is -0.489 e. The second-order valence-electron chi connectivity index (χ2n) is 4.76. The van der Waals surface area contributed by atoms with Gasteiger partial charge in [-0.15, -0.1) is 0 Å². The van der Waals surface area contributed by atoms with E-state index in [0.717, 1.165) is 38.2 Å². The van der Waals surface area contributed by atoms with Gasteiger partial charge >= 0.3 is 0 Å². The van der Waals surface area contributed by atoms with Gasteiger partial charge in [0.1, 0.15) is 11.9 Å². The van der Waals surface area contributed by atoms with Gasteiger partial charge in [0, 0.05) is 6.54 Å². The van der Waals surface area contributed by atoms with E-state index >= 15 is 0 Å². The fraction of sp³-hybridized carbons (Fsp3) is 0.429. The second-order valence-corrected chi connectivity index (χ2v) is 5.17. The molecule has 1 aromatic rings. The highest BCUT2D eigenvalue weighted by atomic mass is 35.5. The molecule has 0 atom stereocenters. The minimum absolute atomic E-state index is 0.285. The monoisotopic (exact) mass is 264 g/mol. The second kappa shape index (κ2) is 5.21. The number of nitrogens with one attached hydrogen (secondary N) is 2. The van der Waals surface area contributed by atoms with Gasteiger partial charge in [-0.25, -0.2) is 0 Å². The van der Waals surface area contributed by atoms with Crippen LogP contribution in [0.4, 0.5) is 0 Å². The first-order valence-electron chi connectivity index (χ1n) is 6.42. The van der Waals surface area contributed by atoms with Crippen molar-refractivity contribution in [2.45, 2.75) is 25.5 Å². The predicted octanol–water partition coefficient (Wildman–Crippen LogP) is 2.54. The molecular formula is C14H17ClN2O. The van der Waals surface area contributed by atoms with E-state index in [1.807, 2.05) is 12.3 Å². The first-order chi connectivity index (χ1) is 8.83. The van der Waals surface area contributed by atoms with E-state index in [1.165, 1.54) is 11.1 Å². The topological polar surface area (TPSA) is 33.3 Å². The average Bonchev–Trinajstić information content (AvgIpc) is 2.41. The Labute approximate surface area is 112 Å². The first kappa shape index (κ1) is 11.9. The molecule has 0 spiro atoms. The molecule has 0 amide bonds. The molecule has 2 heterocycles. The van der Waals surface area contributed by atoms with Gasteiger partial charge in [-0.05, 0) is 61.5 Å². The van der Waals surface area contributed by atoms with Crippen LogP contribution in [0.2, 0.25) is 5.02 Å². The number of benzene rings is 1. The lowest BCUT2D eigenvalue weighted by molar-refractivity contribution is 0.162. The van der Waals surface area contributed by atoms with Crippen LogP contribution in [0.15, 0.2) is 18.3 Å². The summed E-state index contributed by atoms with van der Waals surface area (Å²) in [5.74, 6) is 0.814. The Balaban J connectivity index is 1.81. The van der Waals surface area contributed by atoms with Gasteiger partial charge in [-0.1, -0.05) is 11.6 Å². The zero-order chi connectivity index (χ0) is 12.4. The van der Waals surface area contributed by atoms with Crippen LogP contribution in [-0.4, -0.2) is 19.2 Å². The SMILES string of the molecule is Clc1cc2c(cc1OC1CCNCC1)C=CNC2. The van der Waals surface area contributed by atoms with E-state index in [1.54, 1.807) is 0 Å². The van der Waals surface area contributed by atoms with Crippen LogP contribution in [0.5, 0.6) is 5.75 Å². The van der Waals surface area contributed by atoms with Crippen LogP contribution in [0.1, 0.15) is 24.0 Å². The molecule has 1 saturated heterocycles. The fourth-order valence-electron chi connectivity index (χ4n) is 2.42. The molecule has 3 nitrogen and oxygen atoms in total. The van der Waals surface area contributed by atoms with Gasteiger partial charge in [0.25, 0.3) is 0 Å². The molecule has 18 heavy (non-hydrogen) atoms. The molecule has 0 saturated carbocycles. The summed E-state index contributed by atoms with van der Waals surface area (Å²) < 4.78 is 6.03. The molecule has 0 aliphatic carbocycles. The Morgan fingerprint density at radius 1 is 1.22 bits per heavy atom. The average molecular weight is 265 g/mol. The maximum Gasteiger partial charge on any atom is 0.138 e. The third-order valence-corrected chi connectivity index (χ3v) is 3.74. The van der Waals surface area contributed by atoms with Crippen LogP contribution in [0, 0.1) is 0 Å². The molecular weight excluding hydrogens is 248 g/mol. The summed E-state index contributed by atoms with van der Waals surface area (Å²) in [6.07, 6.45) is 6.40. The molecule has 96 valence electrons. The lowest BCUT2D eigenvalue weighted by Crippen LogP contribution is -2.34. The summed E-state index contributed by atoms with van der Waals surface area (Å²) >= 11 is 6.29. The lowest BCUT2D eigenvalue weighted by Gasteiger charge is -2.25. The lowest BCUT2D eigenvalue weighted by atomic mass is 10.0. The Morgan fingerprint density at radius 2 is 2.06 bits per heavy atom. The predicted molar refractivity (Wildman–Crippen MR) is 73.8 cm³/mol. The standard InChI is InChI=1S/C14H17ClN2O/c15-13-7-11-9-17-4-1-10(11)8-14(13)18-12-2-5-16-6-3-12/h1,4,7-8,12,16-17H,2-3,5-6,9H2. The van der Waals surface area contributed by atoms with Crippen molar-refractivity contribution in [1.82, 2.24) is 10.6 Å². The molecule has 4 heteroatoms. The van der Waals surface area contributed by atoms with Gasteiger partial charge in [0.05, 0.1) is 5.02 Å². The third kappa shape index (κ3) is 2.47.